The zero-order valence-corrected chi connectivity index (χ0v) is 18.4. The minimum absolute atomic E-state index is 0. The van der Waals surface area contributed by atoms with Gasteiger partial charge in [0.15, 0.2) is 0 Å². The molecular weight excluding hydrogens is 367 g/mol. The van der Waals surface area contributed by atoms with E-state index in [0.717, 1.165) is 12.2 Å². The smallest absolute Gasteiger partial charge is 0.147 e. The van der Waals surface area contributed by atoms with Crippen molar-refractivity contribution in [2.24, 2.45) is 5.41 Å². The van der Waals surface area contributed by atoms with Gasteiger partial charge in [-0.1, -0.05) is 0 Å². The maximum Gasteiger partial charge on any atom is -0.147 e. The molecule has 0 atom stereocenters. The van der Waals surface area contributed by atoms with Gasteiger partial charge >= 0.3 is 131 Å². The molecule has 22 heavy (non-hydrogen) atoms. The molecule has 1 aliphatic rings. The molecule has 1 aliphatic carbocycles. The first-order chi connectivity index (χ1) is 9.39. The van der Waals surface area contributed by atoms with Crippen LogP contribution >= 0.6 is 24.8 Å². The van der Waals surface area contributed by atoms with Gasteiger partial charge in [0.2, 0.25) is 0 Å². The van der Waals surface area contributed by atoms with Crippen molar-refractivity contribution in [1.29, 1.82) is 0 Å². The molecule has 0 bridgehead atoms. The summed E-state index contributed by atoms with van der Waals surface area (Å²) in [6.45, 7) is 11.1. The van der Waals surface area contributed by atoms with Crippen molar-refractivity contribution in [3.8, 4) is 5.75 Å². The molecule has 0 fully saturated rings. The fourth-order valence-electron chi connectivity index (χ4n) is 2.58. The van der Waals surface area contributed by atoms with Crippen LogP contribution in [0, 0.1) is 5.41 Å². The maximum absolute atomic E-state index is 6.52. The summed E-state index contributed by atoms with van der Waals surface area (Å²) < 4.78 is 8.19. The third kappa shape index (κ3) is 5.58. The van der Waals surface area contributed by atoms with E-state index in [4.69, 9.17) is 3.32 Å². The predicted molar refractivity (Wildman–Crippen MR) is 101 cm³/mol. The second-order valence-corrected chi connectivity index (χ2v) is 19.0. The number of hydrogen-bond donors (Lipinski definition) is 0. The molecule has 1 aromatic carbocycles. The van der Waals surface area contributed by atoms with Gasteiger partial charge in [-0.25, -0.2) is 0 Å². The molecule has 2 rings (SSSR count). The Hall–Kier alpha value is 0.0112. The van der Waals surface area contributed by atoms with Crippen LogP contribution in [0.15, 0.2) is 51.9 Å². The first-order valence-electron chi connectivity index (χ1n) is 7.40. The normalized spacial score (nSPS) is 13.7. The van der Waals surface area contributed by atoms with Crippen molar-refractivity contribution in [3.05, 3.63) is 51.9 Å². The number of benzene rings is 1. The van der Waals surface area contributed by atoms with Crippen molar-refractivity contribution < 1.29 is 20.8 Å². The van der Waals surface area contributed by atoms with Crippen LogP contribution in [0.3, 0.4) is 0 Å². The molecule has 0 saturated carbocycles. The second-order valence-electron chi connectivity index (χ2n) is 6.68. The molecule has 0 radical (unpaired) electrons. The third-order valence-corrected chi connectivity index (χ3v) is 13.8. The first kappa shape index (κ1) is 22.0. The Labute approximate surface area is 155 Å². The molecule has 0 aliphatic heterocycles. The fraction of sp³-hybridized carbons (Fsp3) is 0.412. The van der Waals surface area contributed by atoms with Gasteiger partial charge in [0.1, 0.15) is 0 Å². The predicted octanol–water partition coefficient (Wildman–Crippen LogP) is 5.69. The summed E-state index contributed by atoms with van der Waals surface area (Å²) >= 11 is -1.60. The Kier molecular flexibility index (Phi) is 9.35. The summed E-state index contributed by atoms with van der Waals surface area (Å²) in [6, 6.07) is 10.4. The molecule has 0 N–H and O–H groups in total. The fourth-order valence-corrected chi connectivity index (χ4v) is 12.0. The molecule has 1 aromatic rings. The summed E-state index contributed by atoms with van der Waals surface area (Å²) in [7, 11) is 0. The second kappa shape index (κ2) is 9.34. The van der Waals surface area contributed by atoms with Gasteiger partial charge in [-0.2, -0.15) is 0 Å². The van der Waals surface area contributed by atoms with Crippen LogP contribution in [0.5, 0.6) is 5.75 Å². The zero-order valence-electron chi connectivity index (χ0n) is 14.1. The van der Waals surface area contributed by atoms with E-state index in [1.807, 2.05) is 0 Å². The molecule has 0 unspecified atom stereocenters. The van der Waals surface area contributed by atoms with Crippen molar-refractivity contribution in [1.82, 2.24) is 0 Å². The molecular formula is C17H27Cl2OSiTi. The van der Waals surface area contributed by atoms with E-state index in [1.165, 1.54) is 0 Å². The van der Waals surface area contributed by atoms with Gasteiger partial charge < -0.3 is 0 Å². The number of rotatable bonds is 4. The van der Waals surface area contributed by atoms with E-state index in [1.54, 1.807) is 9.45 Å². The summed E-state index contributed by atoms with van der Waals surface area (Å²) in [6.07, 6.45) is 5.79. The standard InChI is InChI=1S/C9H13.C6H6O.C2H7Si.2ClH.Ti/c1-9(2,3)8-6-4-5-7-8;7-6-4-2-1-3-5-6;1-3-2;;;/h4,6H,5H2,1-3H3;1-5,7H;3H,1-2H3;2*1H;/q;;;;;+1/p-1. The number of allylic oxidation sites excluding steroid dienone is 4. The SMILES string of the molecule is C[SiH](C)[Ti]([O]c1ccccc1)[C]1=C(C(C)(C)C)C=CC1.Cl.Cl. The topological polar surface area (TPSA) is 9.23 Å². The maximum atomic E-state index is 6.52. The van der Waals surface area contributed by atoms with Crippen molar-refractivity contribution in [2.75, 3.05) is 0 Å². The van der Waals surface area contributed by atoms with E-state index >= 15 is 0 Å². The van der Waals surface area contributed by atoms with Gasteiger partial charge in [0, 0.05) is 0 Å². The molecule has 123 valence electrons. The summed E-state index contributed by atoms with van der Waals surface area (Å²) in [5.74, 6) is 1.07. The van der Waals surface area contributed by atoms with E-state index in [0.29, 0.717) is 0 Å². The summed E-state index contributed by atoms with van der Waals surface area (Å²) in [5, 5.41) is 0. The zero-order chi connectivity index (χ0) is 14.8. The Bertz CT molecular complexity index is 521. The minimum Gasteiger partial charge on any atom is -0.147 e. The Morgan fingerprint density at radius 3 is 2.14 bits per heavy atom. The molecule has 0 amide bonds. The average Bonchev–Trinajstić information content (AvgIpc) is 2.85. The first-order valence-corrected chi connectivity index (χ1v) is 14.4. The van der Waals surface area contributed by atoms with Crippen LogP contribution in [0.25, 0.3) is 0 Å². The van der Waals surface area contributed by atoms with Crippen LogP contribution in [0.4, 0.5) is 0 Å². The monoisotopic (exact) mass is 393 g/mol. The molecule has 0 spiro atoms. The van der Waals surface area contributed by atoms with E-state index in [9.17, 15) is 0 Å². The molecule has 0 saturated heterocycles. The van der Waals surface area contributed by atoms with Crippen LogP contribution in [0.2, 0.25) is 13.1 Å². The van der Waals surface area contributed by atoms with Gasteiger partial charge in [0.05, 0.1) is 0 Å². The quantitative estimate of drug-likeness (QED) is 0.597. The van der Waals surface area contributed by atoms with Crippen molar-refractivity contribution in [3.63, 3.8) is 0 Å². The summed E-state index contributed by atoms with van der Waals surface area (Å²) in [4.78, 5) is 0. The van der Waals surface area contributed by atoms with Gasteiger partial charge in [-0.05, 0) is 0 Å². The van der Waals surface area contributed by atoms with Gasteiger partial charge in [0.25, 0.3) is 0 Å². The molecule has 5 heteroatoms. The number of hydrogen-bond acceptors (Lipinski definition) is 1. The van der Waals surface area contributed by atoms with Crippen LogP contribution in [-0.2, 0) is 17.5 Å². The minimum atomic E-state index is -1.60. The van der Waals surface area contributed by atoms with Crippen LogP contribution in [-0.4, -0.2) is 6.66 Å². The molecule has 1 nitrogen and oxygen atoms in total. The molecule has 0 aromatic heterocycles. The average molecular weight is 394 g/mol. The third-order valence-electron chi connectivity index (χ3n) is 3.53. The number of para-hydroxylation sites is 1. The van der Waals surface area contributed by atoms with E-state index < -0.39 is 24.2 Å². The Balaban J connectivity index is 0.00000220. The number of halogens is 2. The van der Waals surface area contributed by atoms with Gasteiger partial charge in [-0.3, -0.25) is 0 Å². The van der Waals surface area contributed by atoms with E-state index in [-0.39, 0.29) is 30.2 Å². The Morgan fingerprint density at radius 1 is 1.05 bits per heavy atom. The van der Waals surface area contributed by atoms with Crippen LogP contribution < -0.4 is 3.32 Å². The Morgan fingerprint density at radius 2 is 1.64 bits per heavy atom. The van der Waals surface area contributed by atoms with Crippen molar-refractivity contribution in [2.45, 2.75) is 40.3 Å². The van der Waals surface area contributed by atoms with Crippen LogP contribution in [0.1, 0.15) is 27.2 Å². The van der Waals surface area contributed by atoms with E-state index in [2.05, 4.69) is 76.3 Å². The van der Waals surface area contributed by atoms with Gasteiger partial charge in [-0.15, -0.1) is 24.8 Å². The van der Waals surface area contributed by atoms with Crippen molar-refractivity contribution >= 4 is 31.5 Å². The molecule has 0 heterocycles. The summed E-state index contributed by atoms with van der Waals surface area (Å²) in [5.41, 5.74) is 1.79. The largest absolute Gasteiger partial charge is 0.147 e.